The summed E-state index contributed by atoms with van der Waals surface area (Å²) >= 11 is 1.81. The van der Waals surface area contributed by atoms with Crippen molar-refractivity contribution in [3.05, 3.63) is 168 Å². The van der Waals surface area contributed by atoms with Crippen LogP contribution in [0.25, 0.3) is 75.2 Å². The Bertz CT molecular complexity index is 2890. The van der Waals surface area contributed by atoms with E-state index in [0.717, 1.165) is 66.1 Å². The molecule has 0 aliphatic rings. The highest BCUT2D eigenvalue weighted by atomic mass is 32.1. The molecule has 0 amide bonds. The van der Waals surface area contributed by atoms with Crippen LogP contribution < -0.4 is 16.4 Å². The van der Waals surface area contributed by atoms with E-state index in [0.29, 0.717) is 6.54 Å². The van der Waals surface area contributed by atoms with Crippen molar-refractivity contribution in [1.29, 1.82) is 0 Å². The molecule has 0 bridgehead atoms. The quantitative estimate of drug-likeness (QED) is 0.139. The topological polar surface area (TPSA) is 76.4 Å². The Morgan fingerprint density at radius 2 is 1.14 bits per heavy atom. The molecule has 5 nitrogen and oxygen atoms in total. The normalized spacial score (nSPS) is 13.3. The van der Waals surface area contributed by atoms with Crippen molar-refractivity contribution in [1.82, 2.24) is 10.6 Å². The number of rotatable bonds is 8. The van der Waals surface area contributed by atoms with E-state index in [1.54, 1.807) is 0 Å². The molecule has 7 aromatic carbocycles. The van der Waals surface area contributed by atoms with Gasteiger partial charge in [-0.2, -0.15) is 0 Å². The predicted octanol–water partition coefficient (Wildman–Crippen LogP) is 11.6. The second-order valence-electron chi connectivity index (χ2n) is 13.1. The highest BCUT2D eigenvalue weighted by Crippen LogP contribution is 2.41. The third-order valence-electron chi connectivity index (χ3n) is 10.0. The van der Waals surface area contributed by atoms with Crippen molar-refractivity contribution in [2.45, 2.75) is 18.9 Å². The summed E-state index contributed by atoms with van der Waals surface area (Å²) in [5, 5.41) is 14.3. The first kappa shape index (κ1) is 30.1. The van der Waals surface area contributed by atoms with Crippen LogP contribution in [-0.2, 0) is 6.54 Å². The Labute approximate surface area is 297 Å². The minimum Gasteiger partial charge on any atom is -0.455 e. The van der Waals surface area contributed by atoms with Gasteiger partial charge in [-0.3, -0.25) is 10.6 Å². The lowest BCUT2D eigenvalue weighted by molar-refractivity contribution is 0.386. The molecule has 10 rings (SSSR count). The number of nitrogens with one attached hydrogen (secondary N) is 2. The molecule has 0 aliphatic carbocycles. The molecule has 2 unspecified atom stereocenters. The van der Waals surface area contributed by atoms with Gasteiger partial charge >= 0.3 is 0 Å². The lowest BCUT2D eigenvalue weighted by Gasteiger charge is -2.25. The van der Waals surface area contributed by atoms with Gasteiger partial charge < -0.3 is 14.6 Å². The zero-order valence-corrected chi connectivity index (χ0v) is 28.4. The molecule has 246 valence electrons. The molecule has 0 aliphatic heterocycles. The fourth-order valence-corrected chi connectivity index (χ4v) is 8.55. The maximum absolute atomic E-state index is 6.96. The Kier molecular flexibility index (Phi) is 7.22. The number of nitrogens with two attached hydrogens (primary N) is 1. The summed E-state index contributed by atoms with van der Waals surface area (Å²) in [6.07, 6.45) is -0.667. The maximum atomic E-state index is 6.96. The molecular formula is C45H33N3O2S. The number of fused-ring (bicyclic) bond motifs is 9. The van der Waals surface area contributed by atoms with Crippen LogP contribution >= 0.6 is 11.3 Å². The smallest absolute Gasteiger partial charge is 0.143 e. The van der Waals surface area contributed by atoms with E-state index < -0.39 is 6.17 Å². The zero-order chi connectivity index (χ0) is 33.9. The van der Waals surface area contributed by atoms with Crippen molar-refractivity contribution in [2.75, 3.05) is 0 Å². The number of hydrogen-bond acceptors (Lipinski definition) is 6. The Morgan fingerprint density at radius 1 is 0.510 bits per heavy atom. The number of para-hydroxylation sites is 3. The molecule has 0 spiro atoms. The van der Waals surface area contributed by atoms with Gasteiger partial charge in [-0.1, -0.05) is 121 Å². The van der Waals surface area contributed by atoms with Crippen molar-refractivity contribution in [3.8, 4) is 11.1 Å². The number of hydrogen-bond donors (Lipinski definition) is 3. The molecule has 3 aromatic heterocycles. The van der Waals surface area contributed by atoms with Crippen molar-refractivity contribution in [2.24, 2.45) is 5.73 Å². The third kappa shape index (κ3) is 5.20. The van der Waals surface area contributed by atoms with Gasteiger partial charge in [0, 0.05) is 59.4 Å². The Morgan fingerprint density at radius 3 is 1.94 bits per heavy atom. The zero-order valence-electron chi connectivity index (χ0n) is 27.6. The van der Waals surface area contributed by atoms with E-state index in [1.807, 2.05) is 29.5 Å². The summed E-state index contributed by atoms with van der Waals surface area (Å²) in [4.78, 5) is 0. The van der Waals surface area contributed by atoms with Crippen molar-refractivity contribution in [3.63, 3.8) is 0 Å². The van der Waals surface area contributed by atoms with Crippen molar-refractivity contribution < 1.29 is 8.83 Å². The second-order valence-corrected chi connectivity index (χ2v) is 14.2. The lowest BCUT2D eigenvalue weighted by Crippen LogP contribution is -2.39. The summed E-state index contributed by atoms with van der Waals surface area (Å²) in [5.41, 5.74) is 15.6. The van der Waals surface area contributed by atoms with Crippen molar-refractivity contribution >= 4 is 75.4 Å². The molecule has 0 saturated heterocycles. The fraction of sp³-hybridized carbons (Fsp3) is 0.0667. The minimum atomic E-state index is -0.413. The summed E-state index contributed by atoms with van der Waals surface area (Å²) < 4.78 is 15.7. The van der Waals surface area contributed by atoms with Gasteiger partial charge in [0.15, 0.2) is 0 Å². The number of furan rings is 2. The fourth-order valence-electron chi connectivity index (χ4n) is 7.47. The van der Waals surface area contributed by atoms with E-state index in [-0.39, 0.29) is 6.17 Å². The summed E-state index contributed by atoms with van der Waals surface area (Å²) in [7, 11) is 0. The number of benzene rings is 7. The molecule has 0 saturated carbocycles. The molecule has 0 radical (unpaired) electrons. The minimum absolute atomic E-state index is 0.253. The summed E-state index contributed by atoms with van der Waals surface area (Å²) in [5.74, 6) is 0. The molecule has 10 aromatic rings. The summed E-state index contributed by atoms with van der Waals surface area (Å²) in [6, 6.07) is 52.9. The van der Waals surface area contributed by atoms with Gasteiger partial charge in [0.1, 0.15) is 22.3 Å². The van der Waals surface area contributed by atoms with Crippen LogP contribution in [0.5, 0.6) is 0 Å². The Balaban J connectivity index is 1.04. The first-order chi connectivity index (χ1) is 25.2. The lowest BCUT2D eigenvalue weighted by atomic mass is 9.99. The monoisotopic (exact) mass is 679 g/mol. The van der Waals surface area contributed by atoms with E-state index in [2.05, 4.69) is 144 Å². The Hall–Kier alpha value is -5.76. The van der Waals surface area contributed by atoms with Gasteiger partial charge in [-0.05, 0) is 47.0 Å². The van der Waals surface area contributed by atoms with Gasteiger partial charge in [0.2, 0.25) is 0 Å². The molecule has 4 N–H and O–H groups in total. The van der Waals surface area contributed by atoms with Crippen LogP contribution in [0, 0.1) is 0 Å². The van der Waals surface area contributed by atoms with Gasteiger partial charge in [0.25, 0.3) is 0 Å². The highest BCUT2D eigenvalue weighted by Gasteiger charge is 2.21. The van der Waals surface area contributed by atoms with E-state index in [1.165, 1.54) is 25.7 Å². The molecule has 51 heavy (non-hydrogen) atoms. The largest absolute Gasteiger partial charge is 0.455 e. The average Bonchev–Trinajstić information content (AvgIpc) is 3.87. The van der Waals surface area contributed by atoms with Gasteiger partial charge in [-0.25, -0.2) is 0 Å². The standard InChI is InChI=1S/C45H33N3O2S/c46-44(28-21-23-41-37(24-28)32-13-5-7-19-40(32)51-41)48-45(47-26-27-10-2-1-3-11-27)29-20-22-31-34-15-9-17-36(43(34)50-39(31)25-29)35-16-8-14-33-30-12-4-6-18-38(30)49-42(33)35/h1-25,44-45,47-48H,26,46H2. The predicted molar refractivity (Wildman–Crippen MR) is 212 cm³/mol. The van der Waals surface area contributed by atoms with Crippen LogP contribution in [0.3, 0.4) is 0 Å². The van der Waals surface area contributed by atoms with Crippen LogP contribution in [-0.4, -0.2) is 0 Å². The maximum Gasteiger partial charge on any atom is 0.143 e. The first-order valence-corrected chi connectivity index (χ1v) is 18.1. The van der Waals surface area contributed by atoms with E-state index in [9.17, 15) is 0 Å². The van der Waals surface area contributed by atoms with Crippen LogP contribution in [0.15, 0.2) is 160 Å². The van der Waals surface area contributed by atoms with Crippen LogP contribution in [0.4, 0.5) is 0 Å². The van der Waals surface area contributed by atoms with E-state index >= 15 is 0 Å². The highest BCUT2D eigenvalue weighted by molar-refractivity contribution is 7.25. The van der Waals surface area contributed by atoms with Gasteiger partial charge in [-0.15, -0.1) is 11.3 Å². The molecule has 6 heteroatoms. The van der Waals surface area contributed by atoms with E-state index in [4.69, 9.17) is 14.6 Å². The SMILES string of the molecule is NC(NC(NCc1ccccc1)c1ccc2c(c1)oc1c(-c3cccc4c3oc3ccccc34)cccc12)c1ccc2sc3ccccc3c2c1. The molecule has 2 atom stereocenters. The van der Waals surface area contributed by atoms with Crippen LogP contribution in [0.1, 0.15) is 29.0 Å². The van der Waals surface area contributed by atoms with Crippen LogP contribution in [0.2, 0.25) is 0 Å². The average molecular weight is 680 g/mol. The second kappa shape index (κ2) is 12.2. The van der Waals surface area contributed by atoms with Gasteiger partial charge in [0.05, 0.1) is 12.3 Å². The molecule has 0 fully saturated rings. The molecular weight excluding hydrogens is 647 g/mol. The summed E-state index contributed by atoms with van der Waals surface area (Å²) in [6.45, 7) is 0.670. The third-order valence-corrected chi connectivity index (χ3v) is 11.2. The molecule has 3 heterocycles. The number of thiophene rings is 1. The first-order valence-electron chi connectivity index (χ1n) is 17.2.